The van der Waals surface area contributed by atoms with Gasteiger partial charge in [0.15, 0.2) is 11.5 Å². The molecule has 27 heavy (non-hydrogen) atoms. The first-order chi connectivity index (χ1) is 13.1. The lowest BCUT2D eigenvalue weighted by Crippen LogP contribution is -2.38. The molecule has 0 fully saturated rings. The van der Waals surface area contributed by atoms with Crippen molar-refractivity contribution in [1.29, 1.82) is 0 Å². The number of aromatic nitrogens is 1. The van der Waals surface area contributed by atoms with E-state index in [1.165, 1.54) is 0 Å². The fraction of sp³-hybridized carbons (Fsp3) is 0.238. The number of rotatable bonds is 3. The van der Waals surface area contributed by atoms with E-state index in [4.69, 9.17) is 14.0 Å². The molecule has 6 heteroatoms. The predicted molar refractivity (Wildman–Crippen MR) is 98.1 cm³/mol. The largest absolute Gasteiger partial charge is 0.454 e. The topological polar surface area (TPSA) is 73.6 Å². The monoisotopic (exact) mass is 362 g/mol. The molecule has 136 valence electrons. The van der Waals surface area contributed by atoms with E-state index in [2.05, 4.69) is 10.5 Å². The Morgan fingerprint density at radius 2 is 1.93 bits per heavy atom. The first-order valence-corrected chi connectivity index (χ1v) is 8.82. The van der Waals surface area contributed by atoms with E-state index in [1.807, 2.05) is 56.3 Å². The molecule has 0 saturated carbocycles. The highest BCUT2D eigenvalue weighted by Crippen LogP contribution is 2.48. The second-order valence-corrected chi connectivity index (χ2v) is 6.95. The van der Waals surface area contributed by atoms with Crippen molar-refractivity contribution in [3.63, 3.8) is 0 Å². The number of nitrogens with zero attached hydrogens (tertiary/aromatic N) is 1. The number of anilines is 1. The van der Waals surface area contributed by atoms with Crippen LogP contribution in [0.15, 0.2) is 47.0 Å². The summed E-state index contributed by atoms with van der Waals surface area (Å²) in [6.45, 7) is 3.97. The summed E-state index contributed by atoms with van der Waals surface area (Å²) in [5.41, 5.74) is 3.47. The zero-order valence-corrected chi connectivity index (χ0v) is 15.0. The fourth-order valence-electron chi connectivity index (χ4n) is 4.06. The average molecular weight is 362 g/mol. The third kappa shape index (κ3) is 2.19. The zero-order chi connectivity index (χ0) is 18.6. The lowest BCUT2D eigenvalue weighted by atomic mass is 9.71. The molecule has 1 N–H and O–H groups in total. The molecule has 2 aliphatic rings. The van der Waals surface area contributed by atoms with Crippen LogP contribution in [0.5, 0.6) is 11.5 Å². The molecular weight excluding hydrogens is 344 g/mol. The van der Waals surface area contributed by atoms with Crippen LogP contribution < -0.4 is 14.8 Å². The van der Waals surface area contributed by atoms with E-state index in [-0.39, 0.29) is 12.7 Å². The molecule has 1 atom stereocenters. The van der Waals surface area contributed by atoms with Crippen molar-refractivity contribution in [2.45, 2.75) is 25.7 Å². The molecule has 0 saturated heterocycles. The summed E-state index contributed by atoms with van der Waals surface area (Å²) >= 11 is 0. The number of ether oxygens (including phenoxy) is 2. The van der Waals surface area contributed by atoms with Gasteiger partial charge in [0, 0.05) is 17.7 Å². The van der Waals surface area contributed by atoms with Crippen LogP contribution in [-0.4, -0.2) is 17.9 Å². The van der Waals surface area contributed by atoms with Crippen LogP contribution in [0.3, 0.4) is 0 Å². The maximum atomic E-state index is 13.4. The Kier molecular flexibility index (Phi) is 3.31. The quantitative estimate of drug-likeness (QED) is 0.772. The highest BCUT2D eigenvalue weighted by Gasteiger charge is 2.49. The van der Waals surface area contributed by atoms with Gasteiger partial charge in [0.1, 0.15) is 11.2 Å². The molecule has 0 bridgehead atoms. The van der Waals surface area contributed by atoms with Gasteiger partial charge in [-0.25, -0.2) is 0 Å². The van der Waals surface area contributed by atoms with Gasteiger partial charge in [-0.1, -0.05) is 29.4 Å². The van der Waals surface area contributed by atoms with Crippen molar-refractivity contribution in [1.82, 2.24) is 5.16 Å². The summed E-state index contributed by atoms with van der Waals surface area (Å²) in [6.07, 6.45) is 0.455. The number of hydrogen-bond donors (Lipinski definition) is 1. The Morgan fingerprint density at radius 1 is 1.11 bits per heavy atom. The van der Waals surface area contributed by atoms with Gasteiger partial charge in [-0.15, -0.1) is 0 Å². The first-order valence-electron chi connectivity index (χ1n) is 8.82. The Hall–Kier alpha value is -3.28. The highest BCUT2D eigenvalue weighted by atomic mass is 16.7. The van der Waals surface area contributed by atoms with Crippen molar-refractivity contribution < 1.29 is 18.8 Å². The maximum absolute atomic E-state index is 13.4. The number of carbonyl (C=O) groups is 1. The summed E-state index contributed by atoms with van der Waals surface area (Å²) in [6, 6.07) is 13.5. The molecule has 5 rings (SSSR count). The SMILES string of the molecule is Cc1noc(C)c1CC1(c2ccc3c(c2)OCO3)C(=O)Nc2ccccc21. The molecule has 6 nitrogen and oxygen atoms in total. The summed E-state index contributed by atoms with van der Waals surface area (Å²) < 4.78 is 16.4. The van der Waals surface area contributed by atoms with E-state index < -0.39 is 5.41 Å². The summed E-state index contributed by atoms with van der Waals surface area (Å²) in [5.74, 6) is 2.01. The lowest BCUT2D eigenvalue weighted by Gasteiger charge is -2.28. The van der Waals surface area contributed by atoms with Crippen LogP contribution in [-0.2, 0) is 16.6 Å². The second-order valence-electron chi connectivity index (χ2n) is 6.95. The van der Waals surface area contributed by atoms with Crippen LogP contribution in [0.2, 0.25) is 0 Å². The molecule has 3 heterocycles. The third-order valence-corrected chi connectivity index (χ3v) is 5.51. The van der Waals surface area contributed by atoms with Crippen LogP contribution in [0.4, 0.5) is 5.69 Å². The standard InChI is InChI=1S/C21H18N2O4/c1-12-15(13(2)27-23-12)10-21(14-7-8-18-19(9-14)26-11-25-18)16-5-3-4-6-17(16)22-20(21)24/h3-9H,10-11H2,1-2H3,(H,22,24). The third-order valence-electron chi connectivity index (χ3n) is 5.51. The summed E-state index contributed by atoms with van der Waals surface area (Å²) in [4.78, 5) is 13.4. The number of hydrogen-bond acceptors (Lipinski definition) is 5. The number of benzene rings is 2. The van der Waals surface area contributed by atoms with Gasteiger partial charge >= 0.3 is 0 Å². The molecule has 0 aliphatic carbocycles. The van der Waals surface area contributed by atoms with Gasteiger partial charge in [0.25, 0.3) is 0 Å². The number of nitrogens with one attached hydrogen (secondary N) is 1. The molecular formula is C21H18N2O4. The fourth-order valence-corrected chi connectivity index (χ4v) is 4.06. The molecule has 3 aromatic rings. The molecule has 1 unspecified atom stereocenters. The minimum atomic E-state index is -0.890. The minimum Gasteiger partial charge on any atom is -0.454 e. The van der Waals surface area contributed by atoms with Crippen molar-refractivity contribution in [2.75, 3.05) is 12.1 Å². The van der Waals surface area contributed by atoms with E-state index in [9.17, 15) is 4.79 Å². The van der Waals surface area contributed by atoms with Crippen molar-refractivity contribution >= 4 is 11.6 Å². The number of amides is 1. The Bertz CT molecular complexity index is 1050. The van der Waals surface area contributed by atoms with E-state index in [0.29, 0.717) is 17.9 Å². The van der Waals surface area contributed by atoms with Crippen LogP contribution >= 0.6 is 0 Å². The highest BCUT2D eigenvalue weighted by molar-refractivity contribution is 6.09. The second kappa shape index (κ2) is 5.61. The Balaban J connectivity index is 1.75. The van der Waals surface area contributed by atoms with Gasteiger partial charge in [0.05, 0.1) is 5.69 Å². The molecule has 0 spiro atoms. The van der Waals surface area contributed by atoms with Crippen LogP contribution in [0.1, 0.15) is 28.1 Å². The van der Waals surface area contributed by atoms with Crippen molar-refractivity contribution in [3.8, 4) is 11.5 Å². The number of carbonyl (C=O) groups excluding carboxylic acids is 1. The molecule has 0 radical (unpaired) electrons. The van der Waals surface area contributed by atoms with Gasteiger partial charge in [0.2, 0.25) is 12.7 Å². The molecule has 2 aliphatic heterocycles. The van der Waals surface area contributed by atoms with Gasteiger partial charge < -0.3 is 19.3 Å². The van der Waals surface area contributed by atoms with E-state index in [1.54, 1.807) is 0 Å². The summed E-state index contributed by atoms with van der Waals surface area (Å²) in [7, 11) is 0. The number of fused-ring (bicyclic) bond motifs is 2. The van der Waals surface area contributed by atoms with Crippen LogP contribution in [0, 0.1) is 13.8 Å². The van der Waals surface area contributed by atoms with E-state index in [0.717, 1.165) is 33.8 Å². The number of aryl methyl sites for hydroxylation is 2. The molecule has 1 aromatic heterocycles. The van der Waals surface area contributed by atoms with Crippen LogP contribution in [0.25, 0.3) is 0 Å². The Labute approximate surface area is 156 Å². The zero-order valence-electron chi connectivity index (χ0n) is 15.0. The average Bonchev–Trinajstić information content (AvgIpc) is 3.34. The lowest BCUT2D eigenvalue weighted by molar-refractivity contribution is -0.119. The molecule has 2 aromatic carbocycles. The van der Waals surface area contributed by atoms with Gasteiger partial charge in [-0.2, -0.15) is 0 Å². The van der Waals surface area contributed by atoms with Crippen molar-refractivity contribution in [2.24, 2.45) is 0 Å². The maximum Gasteiger partial charge on any atom is 0.239 e. The first kappa shape index (κ1) is 15.9. The van der Waals surface area contributed by atoms with Crippen molar-refractivity contribution in [3.05, 3.63) is 70.6 Å². The Morgan fingerprint density at radius 3 is 2.74 bits per heavy atom. The minimum absolute atomic E-state index is 0.0671. The van der Waals surface area contributed by atoms with Gasteiger partial charge in [-0.3, -0.25) is 4.79 Å². The molecule has 1 amide bonds. The predicted octanol–water partition coefficient (Wildman–Crippen LogP) is 3.50. The summed E-state index contributed by atoms with van der Waals surface area (Å²) in [5, 5.41) is 7.11. The van der Waals surface area contributed by atoms with Gasteiger partial charge in [-0.05, 0) is 43.2 Å². The van der Waals surface area contributed by atoms with E-state index >= 15 is 0 Å². The normalized spacial score (nSPS) is 19.9. The number of para-hydroxylation sites is 1. The smallest absolute Gasteiger partial charge is 0.239 e.